The number of nitrogens with two attached hydrogens (primary N) is 1. The summed E-state index contributed by atoms with van der Waals surface area (Å²) in [6.45, 7) is 5.24. The molecule has 0 bridgehead atoms. The molecule has 0 aliphatic heterocycles. The van der Waals surface area contributed by atoms with E-state index in [0.717, 1.165) is 0 Å². The lowest BCUT2D eigenvalue weighted by Crippen LogP contribution is -2.01. The normalized spacial score (nSPS) is 10.6. The molecule has 3 heterocycles. The second-order valence-electron chi connectivity index (χ2n) is 5.70. The Morgan fingerprint density at radius 2 is 1.96 bits per heavy atom. The third kappa shape index (κ3) is 2.69. The molecule has 3 aromatic heterocycles. The van der Waals surface area contributed by atoms with Gasteiger partial charge in [-0.15, -0.1) is 0 Å². The van der Waals surface area contributed by atoms with E-state index in [2.05, 4.69) is 20.9 Å². The molecule has 0 aliphatic rings. The van der Waals surface area contributed by atoms with Crippen LogP contribution in [0.5, 0.6) is 0 Å². The number of anilines is 1. The van der Waals surface area contributed by atoms with Gasteiger partial charge in [0.05, 0.1) is 18.5 Å². The van der Waals surface area contributed by atoms with E-state index in [9.17, 15) is 10.1 Å². The van der Waals surface area contributed by atoms with E-state index in [1.54, 1.807) is 26.8 Å². The molecule has 0 aliphatic carbocycles. The van der Waals surface area contributed by atoms with E-state index in [1.807, 2.05) is 0 Å². The summed E-state index contributed by atoms with van der Waals surface area (Å²) in [5, 5.41) is 13.4. The number of pyridine rings is 1. The van der Waals surface area contributed by atoms with Gasteiger partial charge in [0.2, 0.25) is 5.76 Å². The molecule has 0 radical (unpaired) electrons. The molecule has 0 unspecified atom stereocenters. The van der Waals surface area contributed by atoms with Crippen LogP contribution in [0.25, 0.3) is 22.4 Å². The van der Waals surface area contributed by atoms with Crippen LogP contribution in [-0.2, 0) is 4.74 Å². The SMILES string of the molecule is COC(=O)c1cc(-c2cc(-c3c(C)noc3C)c(C#N)c(N)n2)c(C)o1. The van der Waals surface area contributed by atoms with E-state index >= 15 is 0 Å². The first-order valence-electron chi connectivity index (χ1n) is 7.70. The van der Waals surface area contributed by atoms with Crippen molar-refractivity contribution in [1.29, 1.82) is 5.26 Å². The zero-order chi connectivity index (χ0) is 19.0. The molecule has 0 atom stereocenters. The molecule has 0 saturated carbocycles. The smallest absolute Gasteiger partial charge is 0.373 e. The van der Waals surface area contributed by atoms with Crippen LogP contribution >= 0.6 is 0 Å². The molecule has 0 amide bonds. The lowest BCUT2D eigenvalue weighted by Gasteiger charge is -2.09. The quantitative estimate of drug-likeness (QED) is 0.712. The molecule has 2 N–H and O–H groups in total. The maximum absolute atomic E-state index is 11.7. The van der Waals surface area contributed by atoms with Gasteiger partial charge in [-0.05, 0) is 26.8 Å². The maximum Gasteiger partial charge on any atom is 0.373 e. The van der Waals surface area contributed by atoms with E-state index in [1.165, 1.54) is 13.2 Å². The summed E-state index contributed by atoms with van der Waals surface area (Å²) < 4.78 is 15.3. The van der Waals surface area contributed by atoms with Gasteiger partial charge in [0.15, 0.2) is 0 Å². The number of carbonyl (C=O) groups is 1. The number of carbonyl (C=O) groups excluding carboxylic acids is 1. The Bertz CT molecular complexity index is 1040. The van der Waals surface area contributed by atoms with Gasteiger partial charge in [-0.2, -0.15) is 5.26 Å². The van der Waals surface area contributed by atoms with Crippen molar-refractivity contribution >= 4 is 11.8 Å². The third-order valence-corrected chi connectivity index (χ3v) is 4.04. The number of rotatable bonds is 3. The lowest BCUT2D eigenvalue weighted by atomic mass is 9.97. The lowest BCUT2D eigenvalue weighted by molar-refractivity contribution is 0.0563. The average Bonchev–Trinajstić information content (AvgIpc) is 3.16. The minimum atomic E-state index is -0.591. The number of furan rings is 1. The second-order valence-corrected chi connectivity index (χ2v) is 5.70. The first kappa shape index (κ1) is 17.2. The molecule has 0 aromatic carbocycles. The van der Waals surface area contributed by atoms with Crippen molar-refractivity contribution < 1.29 is 18.5 Å². The molecule has 8 nitrogen and oxygen atoms in total. The van der Waals surface area contributed by atoms with Crippen LogP contribution in [0.3, 0.4) is 0 Å². The van der Waals surface area contributed by atoms with Crippen LogP contribution in [-0.4, -0.2) is 23.2 Å². The minimum Gasteiger partial charge on any atom is -0.463 e. The van der Waals surface area contributed by atoms with Crippen LogP contribution in [0, 0.1) is 32.1 Å². The summed E-state index contributed by atoms with van der Waals surface area (Å²) in [5.74, 6) is 0.581. The number of nitrogens with zero attached hydrogens (tertiary/aromatic N) is 3. The monoisotopic (exact) mass is 352 g/mol. The van der Waals surface area contributed by atoms with E-state index in [4.69, 9.17) is 14.7 Å². The molecular weight excluding hydrogens is 336 g/mol. The number of aryl methyl sites for hydroxylation is 3. The van der Waals surface area contributed by atoms with Gasteiger partial charge in [-0.25, -0.2) is 9.78 Å². The molecule has 0 fully saturated rings. The second kappa shape index (κ2) is 6.37. The highest BCUT2D eigenvalue weighted by Crippen LogP contribution is 2.36. The van der Waals surface area contributed by atoms with Crippen LogP contribution in [0.2, 0.25) is 0 Å². The summed E-state index contributed by atoms with van der Waals surface area (Å²) in [6, 6.07) is 5.32. The van der Waals surface area contributed by atoms with Gasteiger partial charge in [0, 0.05) is 22.8 Å². The maximum atomic E-state index is 11.7. The van der Waals surface area contributed by atoms with Gasteiger partial charge >= 0.3 is 5.97 Å². The zero-order valence-electron chi connectivity index (χ0n) is 14.7. The highest BCUT2D eigenvalue weighted by molar-refractivity contribution is 5.89. The molecule has 0 spiro atoms. The zero-order valence-corrected chi connectivity index (χ0v) is 14.7. The third-order valence-electron chi connectivity index (χ3n) is 4.04. The largest absolute Gasteiger partial charge is 0.463 e. The average molecular weight is 352 g/mol. The highest BCUT2D eigenvalue weighted by Gasteiger charge is 2.22. The van der Waals surface area contributed by atoms with Gasteiger partial charge < -0.3 is 19.4 Å². The fraction of sp³-hybridized carbons (Fsp3) is 0.222. The molecule has 8 heteroatoms. The Balaban J connectivity index is 2.25. The topological polar surface area (TPSA) is 128 Å². The Morgan fingerprint density at radius 3 is 2.54 bits per heavy atom. The summed E-state index contributed by atoms with van der Waals surface area (Å²) in [4.78, 5) is 16.0. The van der Waals surface area contributed by atoms with Gasteiger partial charge in [-0.1, -0.05) is 5.16 Å². The van der Waals surface area contributed by atoms with E-state index in [0.29, 0.717) is 39.6 Å². The first-order chi connectivity index (χ1) is 12.4. The number of esters is 1. The van der Waals surface area contributed by atoms with Crippen molar-refractivity contribution in [2.75, 3.05) is 12.8 Å². The van der Waals surface area contributed by atoms with Crippen LogP contribution in [0.15, 0.2) is 21.1 Å². The fourth-order valence-electron chi connectivity index (χ4n) is 2.82. The van der Waals surface area contributed by atoms with Gasteiger partial charge in [0.25, 0.3) is 0 Å². The number of aromatic nitrogens is 2. The molecule has 26 heavy (non-hydrogen) atoms. The van der Waals surface area contributed by atoms with Crippen molar-refractivity contribution in [3.05, 3.63) is 40.7 Å². The fourth-order valence-corrected chi connectivity index (χ4v) is 2.82. The summed E-state index contributed by atoms with van der Waals surface area (Å²) >= 11 is 0. The van der Waals surface area contributed by atoms with Crippen LogP contribution in [0.4, 0.5) is 5.82 Å². The van der Waals surface area contributed by atoms with Crippen LogP contribution in [0.1, 0.15) is 33.3 Å². The molecule has 3 rings (SSSR count). The predicted octanol–water partition coefficient (Wildman–Crippen LogP) is 3.16. The Morgan fingerprint density at radius 1 is 1.23 bits per heavy atom. The first-order valence-corrected chi connectivity index (χ1v) is 7.70. The number of hydrogen-bond donors (Lipinski definition) is 1. The Hall–Kier alpha value is -3.60. The summed E-state index contributed by atoms with van der Waals surface area (Å²) in [7, 11) is 1.27. The predicted molar refractivity (Wildman–Crippen MR) is 92.1 cm³/mol. The van der Waals surface area contributed by atoms with Crippen molar-refractivity contribution in [3.63, 3.8) is 0 Å². The van der Waals surface area contributed by atoms with Crippen molar-refractivity contribution in [2.45, 2.75) is 20.8 Å². The summed E-state index contributed by atoms with van der Waals surface area (Å²) in [6.07, 6.45) is 0. The van der Waals surface area contributed by atoms with E-state index < -0.39 is 5.97 Å². The van der Waals surface area contributed by atoms with Gasteiger partial charge in [-0.3, -0.25) is 0 Å². The highest BCUT2D eigenvalue weighted by atomic mass is 16.5. The van der Waals surface area contributed by atoms with Crippen molar-refractivity contribution in [3.8, 4) is 28.5 Å². The molecular formula is C18H16N4O4. The van der Waals surface area contributed by atoms with Crippen LogP contribution < -0.4 is 5.73 Å². The summed E-state index contributed by atoms with van der Waals surface area (Å²) in [5.41, 5.74) is 9.17. The minimum absolute atomic E-state index is 0.0589. The Labute approximate surface area is 149 Å². The number of ether oxygens (including phenoxy) is 1. The number of nitriles is 1. The standard InChI is InChI=1S/C18H16N4O4/c1-8-16(10(3)26-22-8)12-5-14(21-17(20)13(12)7-19)11-6-15(18(23)24-4)25-9(11)2/h5-6H,1-4H3,(H2,20,21). The number of methoxy groups -OCH3 is 1. The van der Waals surface area contributed by atoms with Gasteiger partial charge in [0.1, 0.15) is 29.0 Å². The Kier molecular flexibility index (Phi) is 4.22. The van der Waals surface area contributed by atoms with E-state index in [-0.39, 0.29) is 17.1 Å². The molecule has 132 valence electrons. The van der Waals surface area contributed by atoms with Crippen molar-refractivity contribution in [2.24, 2.45) is 0 Å². The molecule has 0 saturated heterocycles. The molecule has 3 aromatic rings. The number of nitrogen functional groups attached to an aromatic ring is 1. The van der Waals surface area contributed by atoms with Crippen molar-refractivity contribution in [1.82, 2.24) is 10.1 Å². The number of hydrogen-bond acceptors (Lipinski definition) is 8.